The molecular formula is C20H38O2. The van der Waals surface area contributed by atoms with Crippen molar-refractivity contribution in [3.63, 3.8) is 0 Å². The van der Waals surface area contributed by atoms with Crippen LogP contribution in [0.1, 0.15) is 85.0 Å². The van der Waals surface area contributed by atoms with Gasteiger partial charge in [0.25, 0.3) is 0 Å². The van der Waals surface area contributed by atoms with Crippen LogP contribution in [0.15, 0.2) is 24.3 Å². The maximum absolute atomic E-state index is 5.84. The van der Waals surface area contributed by atoms with Crippen LogP contribution >= 0.6 is 0 Å². The van der Waals surface area contributed by atoms with Crippen LogP contribution in [0.5, 0.6) is 0 Å². The van der Waals surface area contributed by atoms with E-state index in [1.807, 2.05) is 0 Å². The lowest BCUT2D eigenvalue weighted by molar-refractivity contribution is -0.144. The standard InChI is InChI=1S/C20H38O2/c1-4-7-9-11-13-15-18-21-20(17-6-3)22-19-16-14-12-10-8-5-2/h11-14,20H,4-10,15-19H2,1-3H3/b13-11-,14-12-. The maximum atomic E-state index is 5.84. The van der Waals surface area contributed by atoms with Crippen molar-refractivity contribution >= 4 is 0 Å². The molecule has 0 heterocycles. The van der Waals surface area contributed by atoms with Crippen LogP contribution in [-0.4, -0.2) is 19.5 Å². The normalized spacial score (nSPS) is 12.2. The molecule has 0 aromatic carbocycles. The summed E-state index contributed by atoms with van der Waals surface area (Å²) < 4.78 is 11.7. The highest BCUT2D eigenvalue weighted by Crippen LogP contribution is 2.07. The minimum absolute atomic E-state index is 0.0296. The lowest BCUT2D eigenvalue weighted by Crippen LogP contribution is -2.18. The average Bonchev–Trinajstić information content (AvgIpc) is 2.53. The van der Waals surface area contributed by atoms with E-state index < -0.39 is 0 Å². The van der Waals surface area contributed by atoms with E-state index in [4.69, 9.17) is 9.47 Å². The summed E-state index contributed by atoms with van der Waals surface area (Å²) in [7, 11) is 0. The Bertz CT molecular complexity index is 234. The highest BCUT2D eigenvalue weighted by atomic mass is 16.7. The van der Waals surface area contributed by atoms with Crippen LogP contribution in [0.3, 0.4) is 0 Å². The zero-order chi connectivity index (χ0) is 16.3. The lowest BCUT2D eigenvalue weighted by Gasteiger charge is -2.17. The lowest BCUT2D eigenvalue weighted by atomic mass is 10.2. The Hall–Kier alpha value is -0.600. The first-order chi connectivity index (χ1) is 10.8. The van der Waals surface area contributed by atoms with E-state index >= 15 is 0 Å². The number of hydrogen-bond donors (Lipinski definition) is 0. The zero-order valence-corrected chi connectivity index (χ0v) is 15.2. The van der Waals surface area contributed by atoms with E-state index in [1.54, 1.807) is 0 Å². The minimum Gasteiger partial charge on any atom is -0.352 e. The largest absolute Gasteiger partial charge is 0.352 e. The van der Waals surface area contributed by atoms with Crippen molar-refractivity contribution in [2.24, 2.45) is 0 Å². The van der Waals surface area contributed by atoms with Gasteiger partial charge >= 0.3 is 0 Å². The summed E-state index contributed by atoms with van der Waals surface area (Å²) in [6.45, 7) is 8.15. The second kappa shape index (κ2) is 18.4. The first kappa shape index (κ1) is 21.4. The quantitative estimate of drug-likeness (QED) is 0.186. The maximum Gasteiger partial charge on any atom is 0.157 e. The van der Waals surface area contributed by atoms with Gasteiger partial charge in [-0.15, -0.1) is 0 Å². The molecule has 0 radical (unpaired) electrons. The van der Waals surface area contributed by atoms with E-state index in [0.717, 1.165) is 38.9 Å². The summed E-state index contributed by atoms with van der Waals surface area (Å²) >= 11 is 0. The average molecular weight is 311 g/mol. The van der Waals surface area contributed by atoms with Crippen molar-refractivity contribution in [3.8, 4) is 0 Å². The van der Waals surface area contributed by atoms with Gasteiger partial charge < -0.3 is 9.47 Å². The highest BCUT2D eigenvalue weighted by molar-refractivity contribution is 4.81. The van der Waals surface area contributed by atoms with Crippen molar-refractivity contribution in [3.05, 3.63) is 24.3 Å². The molecule has 130 valence electrons. The van der Waals surface area contributed by atoms with E-state index in [2.05, 4.69) is 45.1 Å². The molecule has 0 aromatic rings. The minimum atomic E-state index is -0.0296. The number of hydrogen-bond acceptors (Lipinski definition) is 2. The van der Waals surface area contributed by atoms with Crippen molar-refractivity contribution in [2.45, 2.75) is 91.3 Å². The summed E-state index contributed by atoms with van der Waals surface area (Å²) in [6.07, 6.45) is 20.5. The van der Waals surface area contributed by atoms with Gasteiger partial charge in [0.05, 0.1) is 13.2 Å². The van der Waals surface area contributed by atoms with E-state index in [9.17, 15) is 0 Å². The second-order valence-corrected chi connectivity index (χ2v) is 5.76. The molecule has 0 spiro atoms. The molecule has 0 aliphatic rings. The molecule has 0 fully saturated rings. The molecule has 0 aliphatic carbocycles. The molecule has 2 nitrogen and oxygen atoms in total. The molecule has 0 saturated carbocycles. The molecule has 0 unspecified atom stereocenters. The van der Waals surface area contributed by atoms with Gasteiger partial charge in [0.2, 0.25) is 0 Å². The van der Waals surface area contributed by atoms with Crippen LogP contribution in [0.25, 0.3) is 0 Å². The van der Waals surface area contributed by atoms with Crippen molar-refractivity contribution in [1.82, 2.24) is 0 Å². The van der Waals surface area contributed by atoms with Gasteiger partial charge in [-0.05, 0) is 32.1 Å². The van der Waals surface area contributed by atoms with Crippen LogP contribution < -0.4 is 0 Å². The van der Waals surface area contributed by atoms with Gasteiger partial charge in [0.15, 0.2) is 6.29 Å². The van der Waals surface area contributed by atoms with Crippen LogP contribution in [0, 0.1) is 0 Å². The zero-order valence-electron chi connectivity index (χ0n) is 15.2. The Balaban J connectivity index is 3.64. The molecule has 0 atom stereocenters. The monoisotopic (exact) mass is 310 g/mol. The van der Waals surface area contributed by atoms with Crippen molar-refractivity contribution in [2.75, 3.05) is 13.2 Å². The fourth-order valence-corrected chi connectivity index (χ4v) is 2.10. The molecule has 22 heavy (non-hydrogen) atoms. The molecule has 0 aliphatic heterocycles. The van der Waals surface area contributed by atoms with Gasteiger partial charge in [-0.1, -0.05) is 77.2 Å². The Labute approximate surface area is 139 Å². The Kier molecular flexibility index (Phi) is 17.9. The van der Waals surface area contributed by atoms with Crippen LogP contribution in [0.4, 0.5) is 0 Å². The van der Waals surface area contributed by atoms with Gasteiger partial charge in [0.1, 0.15) is 0 Å². The van der Waals surface area contributed by atoms with Crippen molar-refractivity contribution in [1.29, 1.82) is 0 Å². The summed E-state index contributed by atoms with van der Waals surface area (Å²) in [5.74, 6) is 0. The van der Waals surface area contributed by atoms with E-state index in [-0.39, 0.29) is 6.29 Å². The Morgan fingerprint density at radius 3 is 1.50 bits per heavy atom. The van der Waals surface area contributed by atoms with Crippen LogP contribution in [0.2, 0.25) is 0 Å². The Morgan fingerprint density at radius 2 is 1.09 bits per heavy atom. The molecular weight excluding hydrogens is 272 g/mol. The summed E-state index contributed by atoms with van der Waals surface area (Å²) in [5, 5.41) is 0. The topological polar surface area (TPSA) is 18.5 Å². The predicted octanol–water partition coefficient (Wildman–Crippen LogP) is 6.42. The Morgan fingerprint density at radius 1 is 0.636 bits per heavy atom. The molecule has 0 saturated heterocycles. The first-order valence-corrected chi connectivity index (χ1v) is 9.38. The van der Waals surface area contributed by atoms with E-state index in [1.165, 1.54) is 38.5 Å². The number of allylic oxidation sites excluding steroid dienone is 2. The summed E-state index contributed by atoms with van der Waals surface area (Å²) in [6, 6.07) is 0. The van der Waals surface area contributed by atoms with Crippen molar-refractivity contribution < 1.29 is 9.47 Å². The molecule has 2 heteroatoms. The number of rotatable bonds is 16. The fraction of sp³-hybridized carbons (Fsp3) is 0.800. The van der Waals surface area contributed by atoms with Crippen LogP contribution in [-0.2, 0) is 9.47 Å². The third kappa shape index (κ3) is 15.8. The molecule has 0 bridgehead atoms. The van der Waals surface area contributed by atoms with Gasteiger partial charge in [-0.2, -0.15) is 0 Å². The predicted molar refractivity (Wildman–Crippen MR) is 97.2 cm³/mol. The molecule has 0 N–H and O–H groups in total. The molecule has 0 amide bonds. The molecule has 0 aromatic heterocycles. The SMILES string of the molecule is CCCC/C=C\CCOC(CCC)OCC/C=C\CCCC. The number of unbranched alkanes of at least 4 members (excludes halogenated alkanes) is 4. The number of ether oxygens (including phenoxy) is 2. The molecule has 0 rings (SSSR count). The van der Waals surface area contributed by atoms with Gasteiger partial charge in [0, 0.05) is 0 Å². The first-order valence-electron chi connectivity index (χ1n) is 9.38. The summed E-state index contributed by atoms with van der Waals surface area (Å²) in [5.41, 5.74) is 0. The highest BCUT2D eigenvalue weighted by Gasteiger charge is 2.06. The van der Waals surface area contributed by atoms with Gasteiger partial charge in [-0.3, -0.25) is 0 Å². The third-order valence-corrected chi connectivity index (χ3v) is 3.48. The second-order valence-electron chi connectivity index (χ2n) is 5.76. The fourth-order valence-electron chi connectivity index (χ4n) is 2.10. The van der Waals surface area contributed by atoms with Gasteiger partial charge in [-0.25, -0.2) is 0 Å². The smallest absolute Gasteiger partial charge is 0.157 e. The van der Waals surface area contributed by atoms with E-state index in [0.29, 0.717) is 0 Å². The third-order valence-electron chi connectivity index (χ3n) is 3.48. The summed E-state index contributed by atoms with van der Waals surface area (Å²) in [4.78, 5) is 0.